The third-order valence-corrected chi connectivity index (χ3v) is 7.83. The Morgan fingerprint density at radius 2 is 2.00 bits per heavy atom. The highest BCUT2D eigenvalue weighted by atomic mass is 16.5. The van der Waals surface area contributed by atoms with E-state index >= 15 is 0 Å². The van der Waals surface area contributed by atoms with Gasteiger partial charge in [-0.25, -0.2) is 0 Å². The molecule has 2 aliphatic carbocycles. The Bertz CT molecular complexity index is 867. The van der Waals surface area contributed by atoms with Gasteiger partial charge in [0.1, 0.15) is 0 Å². The largest absolute Gasteiger partial charge is 0.373 e. The summed E-state index contributed by atoms with van der Waals surface area (Å²) in [7, 11) is 0. The Morgan fingerprint density at radius 1 is 1.18 bits per heavy atom. The summed E-state index contributed by atoms with van der Waals surface area (Å²) in [5, 5.41) is 3.44. The van der Waals surface area contributed by atoms with Crippen LogP contribution in [0.25, 0.3) is 0 Å². The highest BCUT2D eigenvalue weighted by Crippen LogP contribution is 2.70. The fraction of sp³-hybridized carbons (Fsp3) is 0.500. The number of hydrogen-bond donors (Lipinski definition) is 1. The summed E-state index contributed by atoms with van der Waals surface area (Å²) in [6, 6.07) is 14.4. The van der Waals surface area contributed by atoms with Crippen molar-refractivity contribution in [2.24, 2.45) is 22.7 Å². The third-order valence-electron chi connectivity index (χ3n) is 7.83. The van der Waals surface area contributed by atoms with Crippen LogP contribution in [0, 0.1) is 22.7 Å². The van der Waals surface area contributed by atoms with Gasteiger partial charge >= 0.3 is 0 Å². The Balaban J connectivity index is 1.48. The van der Waals surface area contributed by atoms with Crippen LogP contribution in [-0.4, -0.2) is 23.5 Å². The number of hydrogen-bond acceptors (Lipinski definition) is 3. The van der Waals surface area contributed by atoms with E-state index in [-0.39, 0.29) is 28.9 Å². The second-order valence-corrected chi connectivity index (χ2v) is 9.40. The monoisotopic (exact) mass is 376 g/mol. The van der Waals surface area contributed by atoms with E-state index < -0.39 is 0 Å². The maximum atomic E-state index is 13.0. The van der Waals surface area contributed by atoms with Gasteiger partial charge in [0.05, 0.1) is 11.7 Å². The fourth-order valence-corrected chi connectivity index (χ4v) is 6.47. The van der Waals surface area contributed by atoms with Gasteiger partial charge in [-0.1, -0.05) is 44.2 Å². The number of nitrogens with one attached hydrogen (secondary N) is 1. The first-order valence-electron chi connectivity index (χ1n) is 10.4. The highest BCUT2D eigenvalue weighted by Gasteiger charge is 2.68. The van der Waals surface area contributed by atoms with E-state index in [0.717, 1.165) is 13.0 Å². The summed E-state index contributed by atoms with van der Waals surface area (Å²) in [6.45, 7) is 5.44. The zero-order chi connectivity index (χ0) is 19.4. The summed E-state index contributed by atoms with van der Waals surface area (Å²) in [5.41, 5.74) is 2.12. The smallest absolute Gasteiger partial charge is 0.253 e. The zero-order valence-electron chi connectivity index (χ0n) is 16.6. The Kier molecular flexibility index (Phi) is 4.09. The van der Waals surface area contributed by atoms with Crippen molar-refractivity contribution in [1.82, 2.24) is 10.3 Å². The van der Waals surface area contributed by atoms with Crippen LogP contribution in [0.2, 0.25) is 0 Å². The average molecular weight is 377 g/mol. The van der Waals surface area contributed by atoms with Crippen molar-refractivity contribution < 1.29 is 9.53 Å². The van der Waals surface area contributed by atoms with Crippen LogP contribution in [-0.2, 0) is 4.74 Å². The SMILES string of the molecule is CC1(C)[C@@H]2C[C@@H]3[C@@H](c4ccccc4)OCC[C@]3(C2)[C@H]1NC(=O)c1cccnc1. The zero-order valence-corrected chi connectivity index (χ0v) is 16.6. The minimum Gasteiger partial charge on any atom is -0.373 e. The van der Waals surface area contributed by atoms with Gasteiger partial charge in [0.25, 0.3) is 5.91 Å². The molecule has 2 bridgehead atoms. The number of ether oxygens (including phenoxy) is 1. The molecular formula is C24H28N2O2. The molecule has 1 aliphatic heterocycles. The van der Waals surface area contributed by atoms with Crippen LogP contribution < -0.4 is 5.32 Å². The van der Waals surface area contributed by atoms with Gasteiger partial charge < -0.3 is 10.1 Å². The summed E-state index contributed by atoms with van der Waals surface area (Å²) >= 11 is 0. The number of pyridine rings is 1. The van der Waals surface area contributed by atoms with Crippen LogP contribution in [0.1, 0.15) is 55.1 Å². The second-order valence-electron chi connectivity index (χ2n) is 9.40. The molecule has 2 saturated carbocycles. The minimum atomic E-state index is -0.00500. The molecule has 28 heavy (non-hydrogen) atoms. The molecule has 3 fully saturated rings. The van der Waals surface area contributed by atoms with Crippen LogP contribution in [0.5, 0.6) is 0 Å². The molecular weight excluding hydrogens is 348 g/mol. The van der Waals surface area contributed by atoms with E-state index in [1.54, 1.807) is 12.4 Å². The third kappa shape index (κ3) is 2.54. The molecule has 2 aromatic rings. The van der Waals surface area contributed by atoms with E-state index in [9.17, 15) is 4.79 Å². The fourth-order valence-electron chi connectivity index (χ4n) is 6.47. The normalized spacial score (nSPS) is 35.4. The Labute approximate surface area is 166 Å². The van der Waals surface area contributed by atoms with Gasteiger partial charge in [-0.3, -0.25) is 9.78 Å². The molecule has 146 valence electrons. The summed E-state index contributed by atoms with van der Waals surface area (Å²) in [6.07, 6.45) is 6.89. The van der Waals surface area contributed by atoms with Crippen molar-refractivity contribution in [3.05, 3.63) is 66.0 Å². The van der Waals surface area contributed by atoms with Gasteiger partial charge in [-0.05, 0) is 59.6 Å². The number of amides is 1. The molecule has 4 heteroatoms. The van der Waals surface area contributed by atoms with E-state index in [1.165, 1.54) is 18.4 Å². The topological polar surface area (TPSA) is 51.2 Å². The molecule has 3 aliphatic rings. The van der Waals surface area contributed by atoms with Crippen molar-refractivity contribution in [3.63, 3.8) is 0 Å². The average Bonchev–Trinajstić information content (AvgIpc) is 3.21. The Morgan fingerprint density at radius 3 is 2.75 bits per heavy atom. The Hall–Kier alpha value is -2.20. The van der Waals surface area contributed by atoms with Gasteiger partial charge in [0.2, 0.25) is 0 Å². The standard InChI is InChI=1S/C24H28N2O2/c1-23(2)18-13-19-20(16-7-4-3-5-8-16)28-12-10-24(19,14-18)22(23)26-21(27)17-9-6-11-25-15-17/h3-9,11,15,18-20,22H,10,12-14H2,1-2H3,(H,26,27)/t18-,19-,20-,22+,24-/m1/s1. The molecule has 4 nitrogen and oxygen atoms in total. The number of carbonyl (C=O) groups is 1. The van der Waals surface area contributed by atoms with E-state index in [0.29, 0.717) is 17.4 Å². The lowest BCUT2D eigenvalue weighted by Gasteiger charge is -2.53. The van der Waals surface area contributed by atoms with E-state index in [4.69, 9.17) is 4.74 Å². The van der Waals surface area contributed by atoms with Crippen molar-refractivity contribution in [1.29, 1.82) is 0 Å². The number of fused-ring (bicyclic) bond motifs is 1. The maximum absolute atomic E-state index is 13.0. The molecule has 5 atom stereocenters. The molecule has 0 unspecified atom stereocenters. The molecule has 1 spiro atoms. The number of benzene rings is 1. The van der Waals surface area contributed by atoms with Crippen molar-refractivity contribution >= 4 is 5.91 Å². The maximum Gasteiger partial charge on any atom is 0.253 e. The van der Waals surface area contributed by atoms with Crippen LogP contribution in [0.15, 0.2) is 54.9 Å². The lowest BCUT2D eigenvalue weighted by Crippen LogP contribution is -2.58. The molecule has 0 radical (unpaired) electrons. The molecule has 2 heterocycles. The predicted molar refractivity (Wildman–Crippen MR) is 108 cm³/mol. The van der Waals surface area contributed by atoms with E-state index in [2.05, 4.69) is 54.5 Å². The first-order chi connectivity index (χ1) is 13.5. The molecule has 1 aromatic heterocycles. The molecule has 5 rings (SSSR count). The predicted octanol–water partition coefficient (Wildman–Crippen LogP) is 4.39. The quantitative estimate of drug-likeness (QED) is 0.864. The minimum absolute atomic E-state index is 0.00500. The summed E-state index contributed by atoms with van der Waals surface area (Å²) in [4.78, 5) is 17.1. The van der Waals surface area contributed by atoms with Gasteiger partial charge in [-0.15, -0.1) is 0 Å². The van der Waals surface area contributed by atoms with Crippen molar-refractivity contribution in [2.45, 2.75) is 45.3 Å². The van der Waals surface area contributed by atoms with E-state index in [1.807, 2.05) is 12.1 Å². The van der Waals surface area contributed by atoms with Gasteiger partial charge in [0, 0.05) is 25.0 Å². The number of rotatable bonds is 3. The summed E-state index contributed by atoms with van der Waals surface area (Å²) < 4.78 is 6.31. The second kappa shape index (κ2) is 6.41. The van der Waals surface area contributed by atoms with Crippen molar-refractivity contribution in [2.75, 3.05) is 6.61 Å². The first-order valence-corrected chi connectivity index (χ1v) is 10.4. The van der Waals surface area contributed by atoms with Crippen LogP contribution >= 0.6 is 0 Å². The number of nitrogens with zero attached hydrogens (tertiary/aromatic N) is 1. The summed E-state index contributed by atoms with van der Waals surface area (Å²) in [5.74, 6) is 1.07. The number of aromatic nitrogens is 1. The lowest BCUT2D eigenvalue weighted by atomic mass is 9.59. The highest BCUT2D eigenvalue weighted by molar-refractivity contribution is 5.94. The molecule has 1 aromatic carbocycles. The first kappa shape index (κ1) is 17.9. The molecule has 1 N–H and O–H groups in total. The van der Waals surface area contributed by atoms with Crippen molar-refractivity contribution in [3.8, 4) is 0 Å². The van der Waals surface area contributed by atoms with Gasteiger partial charge in [-0.2, -0.15) is 0 Å². The van der Waals surface area contributed by atoms with Crippen LogP contribution in [0.4, 0.5) is 0 Å². The molecule has 1 saturated heterocycles. The number of carbonyl (C=O) groups excluding carboxylic acids is 1. The lowest BCUT2D eigenvalue weighted by molar-refractivity contribution is -0.120. The van der Waals surface area contributed by atoms with Gasteiger partial charge in [0.15, 0.2) is 0 Å². The van der Waals surface area contributed by atoms with Crippen LogP contribution in [0.3, 0.4) is 0 Å². The molecule has 1 amide bonds.